The molecular formula is C10H17N3OS. The van der Waals surface area contributed by atoms with E-state index in [4.69, 9.17) is 10.5 Å². The number of rotatable bonds is 4. The van der Waals surface area contributed by atoms with Gasteiger partial charge in [-0.15, -0.1) is 0 Å². The molecule has 1 aliphatic rings. The lowest BCUT2D eigenvalue weighted by atomic mass is 9.80. The molecule has 0 radical (unpaired) electrons. The van der Waals surface area contributed by atoms with Crippen LogP contribution >= 0.6 is 11.5 Å². The average Bonchev–Trinajstić information content (AvgIpc) is 2.48. The van der Waals surface area contributed by atoms with Crippen molar-refractivity contribution in [3.63, 3.8) is 0 Å². The summed E-state index contributed by atoms with van der Waals surface area (Å²) in [6.45, 7) is 2.84. The van der Waals surface area contributed by atoms with Gasteiger partial charge in [0.15, 0.2) is 0 Å². The highest BCUT2D eigenvalue weighted by Crippen LogP contribution is 2.36. The first-order chi connectivity index (χ1) is 7.17. The molecule has 0 spiro atoms. The minimum atomic E-state index is 0.0468. The van der Waals surface area contributed by atoms with Crippen LogP contribution in [0.2, 0.25) is 0 Å². The van der Waals surface area contributed by atoms with Crippen molar-refractivity contribution in [1.82, 2.24) is 4.37 Å². The maximum absolute atomic E-state index is 5.69. The lowest BCUT2D eigenvalue weighted by Gasteiger charge is -2.40. The molecule has 0 amide bonds. The van der Waals surface area contributed by atoms with Crippen molar-refractivity contribution >= 4 is 22.4 Å². The van der Waals surface area contributed by atoms with E-state index < -0.39 is 0 Å². The van der Waals surface area contributed by atoms with E-state index >= 15 is 0 Å². The summed E-state index contributed by atoms with van der Waals surface area (Å²) >= 11 is 1.42. The van der Waals surface area contributed by atoms with Gasteiger partial charge in [-0.25, -0.2) is 0 Å². The van der Waals surface area contributed by atoms with Crippen molar-refractivity contribution < 1.29 is 4.74 Å². The molecule has 0 unspecified atom stereocenters. The van der Waals surface area contributed by atoms with Crippen LogP contribution in [0.3, 0.4) is 0 Å². The number of hydrogen-bond acceptors (Lipinski definition) is 5. The van der Waals surface area contributed by atoms with Gasteiger partial charge in [0, 0.05) is 19.2 Å². The van der Waals surface area contributed by atoms with Crippen molar-refractivity contribution in [3.8, 4) is 0 Å². The van der Waals surface area contributed by atoms with Crippen LogP contribution in [-0.4, -0.2) is 23.6 Å². The number of nitrogens with two attached hydrogens (primary N) is 1. The molecule has 5 heteroatoms. The minimum Gasteiger partial charge on any atom is -0.383 e. The summed E-state index contributed by atoms with van der Waals surface area (Å²) in [7, 11) is 1.79. The van der Waals surface area contributed by atoms with Gasteiger partial charge in [-0.3, -0.25) is 0 Å². The van der Waals surface area contributed by atoms with Crippen molar-refractivity contribution in [2.24, 2.45) is 0 Å². The summed E-state index contributed by atoms with van der Waals surface area (Å²) in [6.07, 6.45) is 3.55. The minimum absolute atomic E-state index is 0.0468. The highest BCUT2D eigenvalue weighted by molar-refractivity contribution is 7.10. The maximum atomic E-state index is 5.69. The number of ether oxygens (including phenoxy) is 1. The maximum Gasteiger partial charge on any atom is 0.142 e. The predicted octanol–water partition coefficient (Wildman–Crippen LogP) is 2.01. The molecule has 0 aromatic carbocycles. The summed E-state index contributed by atoms with van der Waals surface area (Å²) in [5, 5.41) is 4.44. The van der Waals surface area contributed by atoms with E-state index in [2.05, 4.69) is 9.69 Å². The number of nitrogens with zero attached hydrogens (tertiary/aromatic N) is 1. The molecular weight excluding hydrogens is 210 g/mol. The number of aromatic nitrogens is 1. The fourth-order valence-electron chi connectivity index (χ4n) is 1.78. The Morgan fingerprint density at radius 2 is 2.33 bits per heavy atom. The molecule has 15 heavy (non-hydrogen) atoms. The zero-order valence-corrected chi connectivity index (χ0v) is 9.99. The molecule has 1 saturated carbocycles. The Bertz CT molecular complexity index is 341. The largest absolute Gasteiger partial charge is 0.383 e. The van der Waals surface area contributed by atoms with E-state index in [0.717, 1.165) is 30.0 Å². The molecule has 0 bridgehead atoms. The lowest BCUT2D eigenvalue weighted by Crippen LogP contribution is -2.45. The molecule has 4 nitrogen and oxygen atoms in total. The molecule has 0 saturated heterocycles. The van der Waals surface area contributed by atoms with Crippen LogP contribution in [0.1, 0.15) is 24.8 Å². The van der Waals surface area contributed by atoms with Gasteiger partial charge in [-0.1, -0.05) is 0 Å². The molecule has 84 valence electrons. The Morgan fingerprint density at radius 1 is 1.60 bits per heavy atom. The van der Waals surface area contributed by atoms with Crippen LogP contribution < -0.4 is 11.1 Å². The van der Waals surface area contributed by atoms with Crippen LogP contribution in [0.15, 0.2) is 0 Å². The quantitative estimate of drug-likeness (QED) is 0.826. The van der Waals surface area contributed by atoms with Crippen molar-refractivity contribution in [2.45, 2.75) is 31.8 Å². The van der Waals surface area contributed by atoms with Crippen molar-refractivity contribution in [2.75, 3.05) is 24.7 Å². The summed E-state index contributed by atoms with van der Waals surface area (Å²) in [5.41, 5.74) is 6.78. The molecule has 1 fully saturated rings. The summed E-state index contributed by atoms with van der Waals surface area (Å²) in [4.78, 5) is 0. The highest BCUT2D eigenvalue weighted by Gasteiger charge is 2.36. The Hall–Kier alpha value is -0.810. The van der Waals surface area contributed by atoms with Crippen LogP contribution in [-0.2, 0) is 4.74 Å². The smallest absolute Gasteiger partial charge is 0.142 e. The van der Waals surface area contributed by atoms with Gasteiger partial charge in [0.25, 0.3) is 0 Å². The zero-order valence-electron chi connectivity index (χ0n) is 9.17. The van der Waals surface area contributed by atoms with Crippen LogP contribution in [0.25, 0.3) is 0 Å². The highest BCUT2D eigenvalue weighted by atomic mass is 32.1. The molecule has 1 aromatic rings. The van der Waals surface area contributed by atoms with Crippen LogP contribution in [0.4, 0.5) is 10.8 Å². The first-order valence-corrected chi connectivity index (χ1v) is 5.95. The van der Waals surface area contributed by atoms with Gasteiger partial charge < -0.3 is 15.8 Å². The monoisotopic (exact) mass is 227 g/mol. The third-order valence-corrected chi connectivity index (χ3v) is 4.15. The van der Waals surface area contributed by atoms with E-state index in [0.29, 0.717) is 5.82 Å². The van der Waals surface area contributed by atoms with Gasteiger partial charge in [0.1, 0.15) is 10.8 Å². The fraction of sp³-hybridized carbons (Fsp3) is 0.700. The molecule has 1 aliphatic carbocycles. The van der Waals surface area contributed by atoms with Crippen LogP contribution in [0.5, 0.6) is 0 Å². The van der Waals surface area contributed by atoms with E-state index in [9.17, 15) is 0 Å². The molecule has 1 heterocycles. The van der Waals surface area contributed by atoms with E-state index in [1.165, 1.54) is 18.0 Å². The summed E-state index contributed by atoms with van der Waals surface area (Å²) < 4.78 is 9.64. The second-order valence-electron chi connectivity index (χ2n) is 4.12. The third-order valence-electron chi connectivity index (χ3n) is 3.23. The van der Waals surface area contributed by atoms with Gasteiger partial charge in [-0.05, 0) is 37.7 Å². The number of methoxy groups -OCH3 is 1. The van der Waals surface area contributed by atoms with Crippen LogP contribution in [0, 0.1) is 6.92 Å². The van der Waals surface area contributed by atoms with Gasteiger partial charge in [0.2, 0.25) is 0 Å². The van der Waals surface area contributed by atoms with Gasteiger partial charge in [0.05, 0.1) is 5.60 Å². The molecule has 2 rings (SSSR count). The predicted molar refractivity (Wildman–Crippen MR) is 63.3 cm³/mol. The Morgan fingerprint density at radius 3 is 2.73 bits per heavy atom. The molecule has 0 aliphatic heterocycles. The van der Waals surface area contributed by atoms with Gasteiger partial charge in [-0.2, -0.15) is 4.37 Å². The Balaban J connectivity index is 1.95. The Labute approximate surface area is 94.0 Å². The second-order valence-corrected chi connectivity index (χ2v) is 4.89. The number of nitrogen functional groups attached to an aromatic ring is 1. The standard InChI is InChI=1S/C10H17N3OS/c1-7-8(11)13-15-9(7)12-6-10(14-2)4-3-5-10/h12H,3-6H2,1-2H3,(H2,11,13). The van der Waals surface area contributed by atoms with E-state index in [1.807, 2.05) is 6.92 Å². The SMILES string of the molecule is COC1(CNc2snc(N)c2C)CCC1. The van der Waals surface area contributed by atoms with Crippen molar-refractivity contribution in [1.29, 1.82) is 0 Å². The lowest BCUT2D eigenvalue weighted by molar-refractivity contribution is -0.0600. The normalized spacial score (nSPS) is 18.5. The first kappa shape index (κ1) is 10.7. The Kier molecular flexibility index (Phi) is 2.84. The summed E-state index contributed by atoms with van der Waals surface area (Å²) in [6, 6.07) is 0. The molecule has 3 N–H and O–H groups in total. The molecule has 0 atom stereocenters. The number of nitrogens with one attached hydrogen (secondary N) is 1. The van der Waals surface area contributed by atoms with Gasteiger partial charge >= 0.3 is 0 Å². The second kappa shape index (κ2) is 3.98. The average molecular weight is 227 g/mol. The fourth-order valence-corrected chi connectivity index (χ4v) is 2.48. The topological polar surface area (TPSA) is 60.2 Å². The number of anilines is 2. The number of hydrogen-bond donors (Lipinski definition) is 2. The van der Waals surface area contributed by atoms with E-state index in [-0.39, 0.29) is 5.60 Å². The molecule has 1 aromatic heterocycles. The summed E-state index contributed by atoms with van der Waals surface area (Å²) in [5.74, 6) is 0.627. The van der Waals surface area contributed by atoms with Crippen molar-refractivity contribution in [3.05, 3.63) is 5.56 Å². The third kappa shape index (κ3) is 1.94. The zero-order chi connectivity index (χ0) is 10.9. The van der Waals surface area contributed by atoms with E-state index in [1.54, 1.807) is 7.11 Å². The first-order valence-electron chi connectivity index (χ1n) is 5.18.